The average Bonchev–Trinajstić information content (AvgIpc) is 3.01. The van der Waals surface area contributed by atoms with Crippen molar-refractivity contribution in [2.45, 2.75) is 46.2 Å². The van der Waals surface area contributed by atoms with Crippen LogP contribution in [0.3, 0.4) is 0 Å². The predicted molar refractivity (Wildman–Crippen MR) is 177 cm³/mol. The summed E-state index contributed by atoms with van der Waals surface area (Å²) >= 11 is 0. The zero-order chi connectivity index (χ0) is 29.4. The monoisotopic (exact) mass is 554 g/mol. The van der Waals surface area contributed by atoms with Gasteiger partial charge in [-0.2, -0.15) is 5.11 Å². The first-order valence-electron chi connectivity index (χ1n) is 14.8. The molecule has 0 amide bonds. The molecular formula is C36H38N6. The number of hydrogen-bond donors (Lipinski definition) is 0. The molecule has 6 nitrogen and oxygen atoms in total. The molecule has 0 aliphatic carbocycles. The Bertz CT molecular complexity index is 1800. The van der Waals surface area contributed by atoms with Gasteiger partial charge in [0.05, 0.1) is 22.7 Å². The van der Waals surface area contributed by atoms with Crippen LogP contribution in [0, 0.1) is 5.92 Å². The lowest BCUT2D eigenvalue weighted by molar-refractivity contribution is 0.474. The lowest BCUT2D eigenvalue weighted by atomic mass is 9.97. The van der Waals surface area contributed by atoms with Gasteiger partial charge in [-0.15, -0.1) is 15.3 Å². The molecule has 0 radical (unpaired) electrons. The lowest BCUT2D eigenvalue weighted by Crippen LogP contribution is -2.56. The highest BCUT2D eigenvalue weighted by atomic mass is 15.4. The summed E-state index contributed by atoms with van der Waals surface area (Å²) < 4.78 is 0. The highest BCUT2D eigenvalue weighted by Gasteiger charge is 2.35. The van der Waals surface area contributed by atoms with Crippen molar-refractivity contribution in [2.75, 3.05) is 23.9 Å². The maximum atomic E-state index is 4.77. The number of nitrogens with zero attached hydrogens (tertiary/aromatic N) is 6. The Hall–Kier alpha value is -4.58. The molecule has 0 unspecified atom stereocenters. The molecule has 0 aromatic heterocycles. The molecule has 0 saturated heterocycles. The summed E-state index contributed by atoms with van der Waals surface area (Å²) in [5.41, 5.74) is 6.90. The molecule has 0 saturated carbocycles. The number of anilines is 2. The Balaban J connectivity index is 1.32. The van der Waals surface area contributed by atoms with E-state index in [1.807, 2.05) is 36.4 Å². The molecule has 1 aliphatic rings. The van der Waals surface area contributed by atoms with Crippen molar-refractivity contribution < 1.29 is 0 Å². The first-order chi connectivity index (χ1) is 20.3. The second kappa shape index (κ2) is 11.0. The fourth-order valence-corrected chi connectivity index (χ4v) is 5.72. The standard InChI is InChI=1S/C36H38N6/c1-7-24(2)23-25-15-17-26(18-16-25)37-38-30-19-20-31(28-12-9-8-11-27(28)30)39-40-32-21-22-34-35-29(32)13-10-14-33(35)41(5)36(3,4)42(34)6/h8-22,24H,7,23H2,1-6H3/t24-/m0/s1. The fraction of sp³-hybridized carbons (Fsp3) is 0.278. The van der Waals surface area contributed by atoms with Gasteiger partial charge in [-0.1, -0.05) is 68.8 Å². The molecule has 0 fully saturated rings. The van der Waals surface area contributed by atoms with Gasteiger partial charge in [-0.3, -0.25) is 0 Å². The highest BCUT2D eigenvalue weighted by Crippen LogP contribution is 2.47. The number of benzene rings is 5. The Kier molecular flexibility index (Phi) is 7.23. The molecule has 212 valence electrons. The molecule has 42 heavy (non-hydrogen) atoms. The van der Waals surface area contributed by atoms with Crippen molar-refractivity contribution in [3.8, 4) is 0 Å². The third-order valence-electron chi connectivity index (χ3n) is 8.97. The van der Waals surface area contributed by atoms with Crippen LogP contribution in [0.5, 0.6) is 0 Å². The normalized spacial score (nSPS) is 15.4. The van der Waals surface area contributed by atoms with E-state index in [0.717, 1.165) is 45.3 Å². The van der Waals surface area contributed by atoms with Crippen molar-refractivity contribution in [3.05, 3.63) is 96.6 Å². The zero-order valence-electron chi connectivity index (χ0n) is 25.3. The molecular weight excluding hydrogens is 516 g/mol. The second-order valence-electron chi connectivity index (χ2n) is 11.8. The summed E-state index contributed by atoms with van der Waals surface area (Å²) in [5, 5.41) is 23.0. The van der Waals surface area contributed by atoms with Crippen LogP contribution in [0.1, 0.15) is 39.7 Å². The topological polar surface area (TPSA) is 55.9 Å². The third-order valence-corrected chi connectivity index (χ3v) is 8.97. The van der Waals surface area contributed by atoms with Gasteiger partial charge in [0.25, 0.3) is 0 Å². The first-order valence-corrected chi connectivity index (χ1v) is 14.8. The predicted octanol–water partition coefficient (Wildman–Crippen LogP) is 11.0. The summed E-state index contributed by atoms with van der Waals surface area (Å²) in [6, 6.07) is 31.2. The summed E-state index contributed by atoms with van der Waals surface area (Å²) in [4.78, 5) is 4.65. The van der Waals surface area contributed by atoms with Crippen LogP contribution in [-0.4, -0.2) is 19.8 Å². The molecule has 0 N–H and O–H groups in total. The van der Waals surface area contributed by atoms with Crippen molar-refractivity contribution >= 4 is 55.7 Å². The van der Waals surface area contributed by atoms with Gasteiger partial charge in [0.1, 0.15) is 5.66 Å². The average molecular weight is 555 g/mol. The summed E-state index contributed by atoms with van der Waals surface area (Å²) in [6.45, 7) is 8.99. The summed E-state index contributed by atoms with van der Waals surface area (Å²) in [6.07, 6.45) is 2.27. The quantitative estimate of drug-likeness (QED) is 0.188. The number of rotatable bonds is 7. The van der Waals surface area contributed by atoms with Gasteiger partial charge in [0.2, 0.25) is 0 Å². The van der Waals surface area contributed by atoms with Crippen molar-refractivity contribution in [1.82, 2.24) is 0 Å². The third kappa shape index (κ3) is 4.91. The van der Waals surface area contributed by atoms with Gasteiger partial charge in [-0.25, -0.2) is 0 Å². The van der Waals surface area contributed by atoms with Crippen LogP contribution in [0.2, 0.25) is 0 Å². The van der Waals surface area contributed by atoms with E-state index >= 15 is 0 Å². The molecule has 0 spiro atoms. The van der Waals surface area contributed by atoms with Crippen LogP contribution < -0.4 is 9.80 Å². The largest absolute Gasteiger partial charge is 0.352 e. The van der Waals surface area contributed by atoms with E-state index in [-0.39, 0.29) is 5.66 Å². The van der Waals surface area contributed by atoms with Crippen molar-refractivity contribution in [1.29, 1.82) is 0 Å². The second-order valence-corrected chi connectivity index (χ2v) is 11.8. The van der Waals surface area contributed by atoms with E-state index in [1.54, 1.807) is 0 Å². The molecule has 1 atom stereocenters. The number of hydrogen-bond acceptors (Lipinski definition) is 6. The Labute approximate surface area is 248 Å². The van der Waals surface area contributed by atoms with Crippen LogP contribution in [0.4, 0.5) is 34.1 Å². The minimum absolute atomic E-state index is 0.140. The minimum Gasteiger partial charge on any atom is -0.352 e. The number of azo groups is 2. The Morgan fingerprint density at radius 2 is 1.14 bits per heavy atom. The molecule has 1 heterocycles. The maximum absolute atomic E-state index is 4.77. The maximum Gasteiger partial charge on any atom is 0.106 e. The van der Waals surface area contributed by atoms with Crippen LogP contribution in [-0.2, 0) is 6.42 Å². The van der Waals surface area contributed by atoms with Crippen LogP contribution >= 0.6 is 0 Å². The van der Waals surface area contributed by atoms with Crippen molar-refractivity contribution in [2.24, 2.45) is 26.4 Å². The fourth-order valence-electron chi connectivity index (χ4n) is 5.72. The molecule has 5 aromatic carbocycles. The van der Waals surface area contributed by atoms with E-state index in [2.05, 4.69) is 116 Å². The van der Waals surface area contributed by atoms with Crippen LogP contribution in [0.15, 0.2) is 111 Å². The Morgan fingerprint density at radius 1 is 0.619 bits per heavy atom. The van der Waals surface area contributed by atoms with Crippen LogP contribution in [0.25, 0.3) is 21.5 Å². The summed E-state index contributed by atoms with van der Waals surface area (Å²) in [5.74, 6) is 0.678. The summed E-state index contributed by atoms with van der Waals surface area (Å²) in [7, 11) is 4.30. The van der Waals surface area contributed by atoms with E-state index in [0.29, 0.717) is 5.92 Å². The Morgan fingerprint density at radius 3 is 1.76 bits per heavy atom. The molecule has 0 bridgehead atoms. The molecule has 5 aromatic rings. The van der Waals surface area contributed by atoms with E-state index < -0.39 is 0 Å². The SMILES string of the molecule is CC[C@H](C)Cc1ccc(N=Nc2ccc(N=Nc3ccc4c5c(cccc35)N(C)C(C)(C)N4C)c3ccccc23)cc1. The van der Waals surface area contributed by atoms with E-state index in [9.17, 15) is 0 Å². The molecule has 6 heteroatoms. The first kappa shape index (κ1) is 27.6. The zero-order valence-corrected chi connectivity index (χ0v) is 25.3. The van der Waals surface area contributed by atoms with Gasteiger partial charge in [0, 0.05) is 47.0 Å². The van der Waals surface area contributed by atoms with E-state index in [4.69, 9.17) is 10.2 Å². The highest BCUT2D eigenvalue weighted by molar-refractivity contribution is 6.10. The smallest absolute Gasteiger partial charge is 0.106 e. The van der Waals surface area contributed by atoms with Gasteiger partial charge >= 0.3 is 0 Å². The molecule has 1 aliphatic heterocycles. The number of fused-ring (bicyclic) bond motifs is 1. The minimum atomic E-state index is -0.140. The van der Waals surface area contributed by atoms with Crippen molar-refractivity contribution in [3.63, 3.8) is 0 Å². The van der Waals surface area contributed by atoms with Gasteiger partial charge in [-0.05, 0) is 74.2 Å². The van der Waals surface area contributed by atoms with E-state index in [1.165, 1.54) is 28.7 Å². The molecule has 6 rings (SSSR count). The lowest BCUT2D eigenvalue weighted by Gasteiger charge is -2.49. The van der Waals surface area contributed by atoms with Gasteiger partial charge < -0.3 is 9.80 Å². The van der Waals surface area contributed by atoms with Gasteiger partial charge in [0.15, 0.2) is 0 Å².